The van der Waals surface area contributed by atoms with Crippen molar-refractivity contribution in [1.29, 1.82) is 0 Å². The van der Waals surface area contributed by atoms with Crippen molar-refractivity contribution in [3.63, 3.8) is 0 Å². The first-order chi connectivity index (χ1) is 8.92. The van der Waals surface area contributed by atoms with E-state index in [2.05, 4.69) is 45.6 Å². The molecule has 0 radical (unpaired) electrons. The first-order valence-electron chi connectivity index (χ1n) is 6.07. The van der Waals surface area contributed by atoms with Gasteiger partial charge >= 0.3 is 0 Å². The topological polar surface area (TPSA) is 40.7 Å². The first-order valence-corrected chi connectivity index (χ1v) is 6.07. The fourth-order valence-corrected chi connectivity index (χ4v) is 2.07. The summed E-state index contributed by atoms with van der Waals surface area (Å²) in [6.45, 7) is 1.72. The van der Waals surface area contributed by atoms with Crippen molar-refractivity contribution in [3.05, 3.63) is 66.1 Å². The Morgan fingerprint density at radius 3 is 2.89 bits per heavy atom. The number of hydrogen-bond donors (Lipinski definition) is 2. The van der Waals surface area contributed by atoms with Gasteiger partial charge in [0.2, 0.25) is 0 Å². The van der Waals surface area contributed by atoms with Gasteiger partial charge in [0, 0.05) is 37.2 Å². The van der Waals surface area contributed by atoms with Gasteiger partial charge in [0.1, 0.15) is 0 Å². The van der Waals surface area contributed by atoms with Crippen LogP contribution >= 0.6 is 0 Å². The molecule has 0 unspecified atom stereocenters. The summed E-state index contributed by atoms with van der Waals surface area (Å²) in [6.07, 6.45) is 5.66. The van der Waals surface area contributed by atoms with Crippen molar-refractivity contribution in [3.8, 4) is 0 Å². The molecule has 0 aliphatic heterocycles. The number of rotatable bonds is 4. The lowest BCUT2D eigenvalue weighted by Crippen LogP contribution is -2.12. The fraction of sp³-hybridized carbons (Fsp3) is 0.133. The van der Waals surface area contributed by atoms with Crippen LogP contribution in [0.25, 0.3) is 10.9 Å². The summed E-state index contributed by atoms with van der Waals surface area (Å²) < 4.78 is 0. The minimum atomic E-state index is 0.846. The van der Waals surface area contributed by atoms with E-state index in [1.165, 1.54) is 22.0 Å². The number of aromatic amines is 1. The molecule has 2 N–H and O–H groups in total. The minimum absolute atomic E-state index is 0.846. The molecule has 0 aliphatic rings. The van der Waals surface area contributed by atoms with E-state index in [1.807, 2.05) is 18.5 Å². The number of hydrogen-bond acceptors (Lipinski definition) is 2. The molecule has 18 heavy (non-hydrogen) atoms. The quantitative estimate of drug-likeness (QED) is 0.732. The second-order valence-electron chi connectivity index (χ2n) is 4.36. The van der Waals surface area contributed by atoms with Gasteiger partial charge in [0.15, 0.2) is 0 Å². The van der Waals surface area contributed by atoms with Crippen LogP contribution in [0.4, 0.5) is 0 Å². The van der Waals surface area contributed by atoms with Crippen molar-refractivity contribution in [1.82, 2.24) is 15.3 Å². The summed E-state index contributed by atoms with van der Waals surface area (Å²) in [5.74, 6) is 0. The smallest absolute Gasteiger partial charge is 0.0454 e. The van der Waals surface area contributed by atoms with Crippen LogP contribution in [0.3, 0.4) is 0 Å². The van der Waals surface area contributed by atoms with E-state index in [0.29, 0.717) is 0 Å². The number of fused-ring (bicyclic) bond motifs is 1. The number of aromatic nitrogens is 2. The third kappa shape index (κ3) is 2.41. The molecular weight excluding hydrogens is 222 g/mol. The van der Waals surface area contributed by atoms with Gasteiger partial charge in [0.05, 0.1) is 0 Å². The van der Waals surface area contributed by atoms with Crippen LogP contribution in [0.5, 0.6) is 0 Å². The van der Waals surface area contributed by atoms with Crippen LogP contribution in [0, 0.1) is 0 Å². The van der Waals surface area contributed by atoms with Gasteiger partial charge in [-0.15, -0.1) is 0 Å². The van der Waals surface area contributed by atoms with E-state index in [0.717, 1.165) is 13.1 Å². The van der Waals surface area contributed by atoms with Gasteiger partial charge in [0.25, 0.3) is 0 Å². The van der Waals surface area contributed by atoms with Crippen molar-refractivity contribution >= 4 is 10.9 Å². The van der Waals surface area contributed by atoms with E-state index in [9.17, 15) is 0 Å². The minimum Gasteiger partial charge on any atom is -0.361 e. The zero-order chi connectivity index (χ0) is 12.2. The Bertz CT molecular complexity index is 628. The van der Waals surface area contributed by atoms with Crippen LogP contribution in [-0.2, 0) is 13.1 Å². The molecule has 0 aliphatic carbocycles. The lowest BCUT2D eigenvalue weighted by atomic mass is 10.1. The third-order valence-electron chi connectivity index (χ3n) is 3.00. The first kappa shape index (κ1) is 11.0. The van der Waals surface area contributed by atoms with Crippen LogP contribution in [-0.4, -0.2) is 9.97 Å². The Morgan fingerprint density at radius 2 is 2.00 bits per heavy atom. The predicted molar refractivity (Wildman–Crippen MR) is 73.1 cm³/mol. The summed E-state index contributed by atoms with van der Waals surface area (Å²) in [7, 11) is 0. The molecule has 0 atom stereocenters. The zero-order valence-electron chi connectivity index (χ0n) is 10.1. The van der Waals surface area contributed by atoms with Gasteiger partial charge in [-0.05, 0) is 40.8 Å². The summed E-state index contributed by atoms with van der Waals surface area (Å²) >= 11 is 0. The molecule has 0 fully saturated rings. The zero-order valence-corrected chi connectivity index (χ0v) is 10.1. The lowest BCUT2D eigenvalue weighted by Gasteiger charge is -2.05. The molecule has 3 rings (SSSR count). The van der Waals surface area contributed by atoms with Crippen LogP contribution in [0.2, 0.25) is 0 Å². The van der Waals surface area contributed by atoms with Gasteiger partial charge in [-0.1, -0.05) is 12.1 Å². The molecule has 3 aromatic rings. The molecule has 2 aromatic heterocycles. The van der Waals surface area contributed by atoms with Crippen LogP contribution in [0.15, 0.2) is 55.0 Å². The van der Waals surface area contributed by atoms with Gasteiger partial charge < -0.3 is 10.3 Å². The molecule has 0 saturated carbocycles. The monoisotopic (exact) mass is 237 g/mol. The van der Waals surface area contributed by atoms with Crippen molar-refractivity contribution in [2.45, 2.75) is 13.1 Å². The fourth-order valence-electron chi connectivity index (χ4n) is 2.07. The van der Waals surface area contributed by atoms with E-state index >= 15 is 0 Å². The highest BCUT2D eigenvalue weighted by Gasteiger charge is 1.97. The third-order valence-corrected chi connectivity index (χ3v) is 3.00. The number of nitrogens with one attached hydrogen (secondary N) is 2. The molecule has 2 heterocycles. The number of nitrogens with zero attached hydrogens (tertiary/aromatic N) is 1. The van der Waals surface area contributed by atoms with E-state index < -0.39 is 0 Å². The summed E-state index contributed by atoms with van der Waals surface area (Å²) in [5, 5.41) is 4.68. The Kier molecular flexibility index (Phi) is 3.07. The molecule has 0 saturated heterocycles. The van der Waals surface area contributed by atoms with Gasteiger partial charge in [-0.25, -0.2) is 0 Å². The summed E-state index contributed by atoms with van der Waals surface area (Å²) in [6, 6.07) is 12.6. The SMILES string of the molecule is c1cncc(CNCc2ccc3[nH]ccc3c2)c1. The molecule has 0 spiro atoms. The second-order valence-corrected chi connectivity index (χ2v) is 4.36. The van der Waals surface area contributed by atoms with Gasteiger partial charge in [-0.2, -0.15) is 0 Å². The van der Waals surface area contributed by atoms with Crippen LogP contribution in [0.1, 0.15) is 11.1 Å². The Hall–Kier alpha value is -2.13. The number of H-pyrrole nitrogens is 1. The predicted octanol–water partition coefficient (Wildman–Crippen LogP) is 2.85. The lowest BCUT2D eigenvalue weighted by molar-refractivity contribution is 0.692. The Labute approximate surface area is 106 Å². The van der Waals surface area contributed by atoms with Crippen molar-refractivity contribution < 1.29 is 0 Å². The molecular formula is C15H15N3. The number of pyridine rings is 1. The Balaban J connectivity index is 1.62. The highest BCUT2D eigenvalue weighted by Crippen LogP contribution is 2.14. The molecule has 1 aromatic carbocycles. The van der Waals surface area contributed by atoms with E-state index in [1.54, 1.807) is 6.20 Å². The van der Waals surface area contributed by atoms with Crippen LogP contribution < -0.4 is 5.32 Å². The molecule has 0 bridgehead atoms. The summed E-state index contributed by atoms with van der Waals surface area (Å²) in [4.78, 5) is 7.30. The maximum atomic E-state index is 4.10. The second kappa shape index (κ2) is 5.02. The molecule has 90 valence electrons. The van der Waals surface area contributed by atoms with E-state index in [4.69, 9.17) is 0 Å². The maximum Gasteiger partial charge on any atom is 0.0454 e. The highest BCUT2D eigenvalue weighted by molar-refractivity contribution is 5.79. The van der Waals surface area contributed by atoms with Crippen molar-refractivity contribution in [2.24, 2.45) is 0 Å². The molecule has 3 heteroatoms. The standard InChI is InChI=1S/C15H15N3/c1-2-13(10-16-6-1)11-17-9-12-3-4-15-14(8-12)5-7-18-15/h1-8,10,17-18H,9,11H2. The average molecular weight is 237 g/mol. The molecule has 0 amide bonds. The average Bonchev–Trinajstić information content (AvgIpc) is 2.87. The maximum absolute atomic E-state index is 4.10. The van der Waals surface area contributed by atoms with Crippen molar-refractivity contribution in [2.75, 3.05) is 0 Å². The largest absolute Gasteiger partial charge is 0.361 e. The Morgan fingerprint density at radius 1 is 1.06 bits per heavy atom. The normalized spacial score (nSPS) is 10.9. The summed E-state index contributed by atoms with van der Waals surface area (Å²) in [5.41, 5.74) is 3.69. The number of benzene rings is 1. The van der Waals surface area contributed by atoms with E-state index in [-0.39, 0.29) is 0 Å². The van der Waals surface area contributed by atoms with Gasteiger partial charge in [-0.3, -0.25) is 4.98 Å². The highest BCUT2D eigenvalue weighted by atomic mass is 14.8. The molecule has 3 nitrogen and oxygen atoms in total.